The summed E-state index contributed by atoms with van der Waals surface area (Å²) in [6.07, 6.45) is 4.28. The first-order chi connectivity index (χ1) is 10.6. The zero-order valence-electron chi connectivity index (χ0n) is 13.3. The van der Waals surface area contributed by atoms with Gasteiger partial charge in [-0.1, -0.05) is 33.1 Å². The minimum atomic E-state index is -1.26. The van der Waals surface area contributed by atoms with Crippen LogP contribution in [0.25, 0.3) is 0 Å². The monoisotopic (exact) mass is 306 g/mol. The molecule has 5 nitrogen and oxygen atoms in total. The van der Waals surface area contributed by atoms with Gasteiger partial charge in [-0.3, -0.25) is 4.79 Å². The lowest BCUT2D eigenvalue weighted by atomic mass is 10.1. The number of nitrogens with one attached hydrogen (secondary N) is 1. The Hall–Kier alpha value is -2.04. The molecule has 0 saturated carbocycles. The second-order valence-electron chi connectivity index (χ2n) is 5.21. The number of rotatable bonds is 10. The van der Waals surface area contributed by atoms with Crippen LogP contribution in [0.4, 0.5) is 0 Å². The van der Waals surface area contributed by atoms with Crippen LogP contribution >= 0.6 is 0 Å². The molecule has 0 aromatic heterocycles. The maximum Gasteiger partial charge on any atom is 0.251 e. The third kappa shape index (κ3) is 6.16. The van der Waals surface area contributed by atoms with E-state index in [9.17, 15) is 14.7 Å². The summed E-state index contributed by atoms with van der Waals surface area (Å²) in [4.78, 5) is 22.9. The van der Waals surface area contributed by atoms with Crippen molar-refractivity contribution in [1.82, 2.24) is 5.32 Å². The molecule has 0 heterocycles. The van der Waals surface area contributed by atoms with E-state index < -0.39 is 17.9 Å². The number of carbonyl (C=O) groups is 2. The van der Waals surface area contributed by atoms with Crippen molar-refractivity contribution in [3.63, 3.8) is 0 Å². The number of unbranched alkanes of at least 4 members (excludes halogenated alkanes) is 2. The average molecular weight is 306 g/mol. The van der Waals surface area contributed by atoms with Crippen molar-refractivity contribution < 1.29 is 19.4 Å². The minimum absolute atomic E-state index is 0.354. The summed E-state index contributed by atoms with van der Waals surface area (Å²) < 4.78 is 5.56. The Morgan fingerprint density at radius 3 is 2.36 bits per heavy atom. The number of carboxylic acid groups (broad SMARTS) is 1. The highest BCUT2D eigenvalue weighted by Gasteiger charge is 2.13. The van der Waals surface area contributed by atoms with Gasteiger partial charge in [0.1, 0.15) is 5.75 Å². The van der Waals surface area contributed by atoms with Gasteiger partial charge in [0.05, 0.1) is 18.6 Å². The molecular weight excluding hydrogens is 282 g/mol. The molecule has 0 fully saturated rings. The second kappa shape index (κ2) is 9.82. The molecule has 0 radical (unpaired) electrons. The van der Waals surface area contributed by atoms with E-state index in [1.54, 1.807) is 24.3 Å². The van der Waals surface area contributed by atoms with E-state index in [0.717, 1.165) is 19.3 Å². The summed E-state index contributed by atoms with van der Waals surface area (Å²) in [6, 6.07) is 5.73. The van der Waals surface area contributed by atoms with Crippen molar-refractivity contribution in [3.8, 4) is 5.75 Å². The van der Waals surface area contributed by atoms with E-state index >= 15 is 0 Å². The van der Waals surface area contributed by atoms with Crippen LogP contribution in [-0.4, -0.2) is 24.5 Å². The lowest BCUT2D eigenvalue weighted by molar-refractivity contribution is -0.308. The molecule has 0 aliphatic rings. The molecule has 1 N–H and O–H groups in total. The molecule has 1 atom stereocenters. The smallest absolute Gasteiger partial charge is 0.251 e. The van der Waals surface area contributed by atoms with Crippen LogP contribution < -0.4 is 15.2 Å². The molecule has 5 heteroatoms. The fourth-order valence-electron chi connectivity index (χ4n) is 2.02. The maximum atomic E-state index is 12.0. The lowest BCUT2D eigenvalue weighted by Crippen LogP contribution is -2.47. The molecule has 0 aliphatic heterocycles. The quantitative estimate of drug-likeness (QED) is 0.670. The second-order valence-corrected chi connectivity index (χ2v) is 5.21. The Bertz CT molecular complexity index is 470. The Morgan fingerprint density at radius 1 is 1.14 bits per heavy atom. The molecule has 1 aromatic rings. The highest BCUT2D eigenvalue weighted by Crippen LogP contribution is 2.13. The van der Waals surface area contributed by atoms with Gasteiger partial charge in [-0.25, -0.2) is 0 Å². The first-order valence-corrected chi connectivity index (χ1v) is 7.83. The molecule has 1 aromatic carbocycles. The van der Waals surface area contributed by atoms with Crippen LogP contribution in [0.5, 0.6) is 5.75 Å². The lowest BCUT2D eigenvalue weighted by Gasteiger charge is -2.19. The van der Waals surface area contributed by atoms with Crippen molar-refractivity contribution in [3.05, 3.63) is 29.8 Å². The number of aliphatic carboxylic acids is 1. The van der Waals surface area contributed by atoms with E-state index in [2.05, 4.69) is 12.2 Å². The molecule has 0 unspecified atom stereocenters. The van der Waals surface area contributed by atoms with E-state index in [-0.39, 0.29) is 0 Å². The number of benzene rings is 1. The molecule has 1 amide bonds. The fourth-order valence-corrected chi connectivity index (χ4v) is 2.02. The van der Waals surface area contributed by atoms with E-state index in [4.69, 9.17) is 4.74 Å². The largest absolute Gasteiger partial charge is 0.548 e. The molecule has 0 saturated heterocycles. The van der Waals surface area contributed by atoms with Crippen molar-refractivity contribution in [1.29, 1.82) is 0 Å². The molecular formula is C17H24NO4-. The third-order valence-corrected chi connectivity index (χ3v) is 3.30. The van der Waals surface area contributed by atoms with Crippen LogP contribution in [0, 0.1) is 0 Å². The molecule has 122 valence electrons. The zero-order valence-corrected chi connectivity index (χ0v) is 13.3. The first-order valence-electron chi connectivity index (χ1n) is 7.83. The SMILES string of the molecule is CCCCCOc1ccc(C(=O)N[C@@H](CCC)C(=O)[O-])cc1. The van der Waals surface area contributed by atoms with Crippen LogP contribution in [0.3, 0.4) is 0 Å². The molecule has 0 aliphatic carbocycles. The fraction of sp³-hybridized carbons (Fsp3) is 0.529. The van der Waals surface area contributed by atoms with Gasteiger partial charge in [0.2, 0.25) is 0 Å². The van der Waals surface area contributed by atoms with Crippen LogP contribution in [0.2, 0.25) is 0 Å². The summed E-state index contributed by atoms with van der Waals surface area (Å²) in [6.45, 7) is 4.64. The Morgan fingerprint density at radius 2 is 1.82 bits per heavy atom. The summed E-state index contributed by atoms with van der Waals surface area (Å²) in [5.74, 6) is -0.969. The molecule has 22 heavy (non-hydrogen) atoms. The number of hydrogen-bond acceptors (Lipinski definition) is 4. The topological polar surface area (TPSA) is 78.5 Å². The predicted octanol–water partition coefficient (Wildman–Crippen LogP) is 1.90. The summed E-state index contributed by atoms with van der Waals surface area (Å²) >= 11 is 0. The number of ether oxygens (including phenoxy) is 1. The average Bonchev–Trinajstić information content (AvgIpc) is 2.51. The molecule has 1 rings (SSSR count). The van der Waals surface area contributed by atoms with Gasteiger partial charge in [0.15, 0.2) is 0 Å². The molecule has 0 bridgehead atoms. The van der Waals surface area contributed by atoms with Crippen molar-refractivity contribution in [2.75, 3.05) is 6.61 Å². The highest BCUT2D eigenvalue weighted by molar-refractivity contribution is 5.96. The van der Waals surface area contributed by atoms with Crippen molar-refractivity contribution in [2.45, 2.75) is 52.0 Å². The predicted molar refractivity (Wildman–Crippen MR) is 82.6 cm³/mol. The van der Waals surface area contributed by atoms with Gasteiger partial charge in [-0.2, -0.15) is 0 Å². The van der Waals surface area contributed by atoms with Crippen molar-refractivity contribution in [2.24, 2.45) is 0 Å². The van der Waals surface area contributed by atoms with Gasteiger partial charge in [0, 0.05) is 5.56 Å². The van der Waals surface area contributed by atoms with Crippen LogP contribution in [0.15, 0.2) is 24.3 Å². The number of carboxylic acids is 1. The Balaban J connectivity index is 2.54. The Kier molecular flexibility index (Phi) is 8.04. The normalized spacial score (nSPS) is 11.7. The summed E-state index contributed by atoms with van der Waals surface area (Å²) in [5.41, 5.74) is 0.406. The number of amides is 1. The maximum absolute atomic E-state index is 12.0. The van der Waals surface area contributed by atoms with Gasteiger partial charge in [-0.15, -0.1) is 0 Å². The van der Waals surface area contributed by atoms with E-state index in [0.29, 0.717) is 30.8 Å². The van der Waals surface area contributed by atoms with Crippen LogP contribution in [-0.2, 0) is 4.79 Å². The van der Waals surface area contributed by atoms with Gasteiger partial charge >= 0.3 is 0 Å². The Labute approximate surface area is 131 Å². The zero-order chi connectivity index (χ0) is 16.4. The van der Waals surface area contributed by atoms with Gasteiger partial charge in [0.25, 0.3) is 5.91 Å². The highest BCUT2D eigenvalue weighted by atomic mass is 16.5. The van der Waals surface area contributed by atoms with Gasteiger partial charge < -0.3 is 20.0 Å². The van der Waals surface area contributed by atoms with E-state index in [1.807, 2.05) is 6.92 Å². The third-order valence-electron chi connectivity index (χ3n) is 3.30. The number of carbonyl (C=O) groups excluding carboxylic acids is 2. The molecule has 0 spiro atoms. The first kappa shape index (κ1) is 18.0. The summed E-state index contributed by atoms with van der Waals surface area (Å²) in [5, 5.41) is 13.4. The summed E-state index contributed by atoms with van der Waals surface area (Å²) in [7, 11) is 0. The van der Waals surface area contributed by atoms with Crippen LogP contribution in [0.1, 0.15) is 56.3 Å². The van der Waals surface area contributed by atoms with E-state index in [1.165, 1.54) is 0 Å². The van der Waals surface area contributed by atoms with Gasteiger partial charge in [-0.05, 0) is 37.1 Å². The minimum Gasteiger partial charge on any atom is -0.548 e. The number of hydrogen-bond donors (Lipinski definition) is 1. The van der Waals surface area contributed by atoms with Crippen molar-refractivity contribution >= 4 is 11.9 Å². The standard InChI is InChI=1S/C17H25NO4/c1-3-5-6-12-22-14-10-8-13(9-11-14)16(19)18-15(7-4-2)17(20)21/h8-11,15H,3-7,12H2,1-2H3,(H,18,19)(H,20,21)/p-1/t15-/m0/s1.